The van der Waals surface area contributed by atoms with Gasteiger partial charge in [-0.3, -0.25) is 19.2 Å². The van der Waals surface area contributed by atoms with E-state index in [1.165, 1.54) is 32.4 Å². The number of fused-ring (bicyclic) bond motifs is 1. The summed E-state index contributed by atoms with van der Waals surface area (Å²) in [5, 5.41) is 12.6. The zero-order chi connectivity index (χ0) is 35.1. The minimum atomic E-state index is -2.02. The first-order chi connectivity index (χ1) is 21.9. The second kappa shape index (κ2) is 13.2. The standard InChI is InChI=1S/C34H48O13/c1-10-18(3)28(37)42-17-33-25(45-29(38)19(4)11-2)14-23-26(44-21(6)36)34(33,47-31(23,7)8)32(9,40)15-24(43-20(5)35)27(33)46-30(39)22-12-13-41-16-22/h12-13,16,18-19,23-27,40H,10-11,14-15,17H2,1-9H3/t18?,19?,23-,24+,25-,26-,27+,32+,33-,34+/m1/s1. The molecule has 0 radical (unpaired) electrons. The zero-order valence-electron chi connectivity index (χ0n) is 28.7. The second-order valence-corrected chi connectivity index (χ2v) is 14.0. The van der Waals surface area contributed by atoms with Gasteiger partial charge in [0, 0.05) is 26.2 Å². The number of furan rings is 1. The Kier molecular flexibility index (Phi) is 10.2. The molecule has 3 fully saturated rings. The van der Waals surface area contributed by atoms with Crippen LogP contribution in [-0.4, -0.2) is 82.8 Å². The molecule has 10 atom stereocenters. The van der Waals surface area contributed by atoms with Gasteiger partial charge in [-0.2, -0.15) is 0 Å². The molecular formula is C34H48O13. The van der Waals surface area contributed by atoms with Crippen LogP contribution in [0.2, 0.25) is 0 Å². The van der Waals surface area contributed by atoms with Gasteiger partial charge in [0.15, 0.2) is 11.7 Å². The predicted molar refractivity (Wildman–Crippen MR) is 162 cm³/mol. The second-order valence-electron chi connectivity index (χ2n) is 14.0. The van der Waals surface area contributed by atoms with Crippen molar-refractivity contribution in [3.8, 4) is 0 Å². The summed E-state index contributed by atoms with van der Waals surface area (Å²) >= 11 is 0. The van der Waals surface area contributed by atoms with Crippen LogP contribution in [0, 0.1) is 23.2 Å². The molecular weight excluding hydrogens is 616 g/mol. The molecule has 2 bridgehead atoms. The van der Waals surface area contributed by atoms with E-state index in [1.807, 2.05) is 13.8 Å². The molecule has 0 aromatic carbocycles. The Labute approximate surface area is 274 Å². The lowest BCUT2D eigenvalue weighted by atomic mass is 9.46. The average Bonchev–Trinajstić information content (AvgIpc) is 3.58. The van der Waals surface area contributed by atoms with E-state index in [0.29, 0.717) is 12.8 Å². The van der Waals surface area contributed by atoms with Gasteiger partial charge in [0.1, 0.15) is 36.6 Å². The summed E-state index contributed by atoms with van der Waals surface area (Å²) in [7, 11) is 0. The average molecular weight is 665 g/mol. The van der Waals surface area contributed by atoms with Crippen molar-refractivity contribution in [2.24, 2.45) is 23.2 Å². The zero-order valence-corrected chi connectivity index (χ0v) is 28.7. The molecule has 1 saturated heterocycles. The van der Waals surface area contributed by atoms with E-state index in [2.05, 4.69) is 0 Å². The highest BCUT2D eigenvalue weighted by molar-refractivity contribution is 5.89. The molecule has 1 aliphatic heterocycles. The number of hydrogen-bond donors (Lipinski definition) is 1. The maximum atomic E-state index is 13.7. The first kappa shape index (κ1) is 36.4. The van der Waals surface area contributed by atoms with E-state index in [-0.39, 0.29) is 18.4 Å². The Morgan fingerprint density at radius 1 is 0.915 bits per heavy atom. The molecule has 1 N–H and O–H groups in total. The van der Waals surface area contributed by atoms with Gasteiger partial charge >= 0.3 is 29.8 Å². The fraction of sp³-hybridized carbons (Fsp3) is 0.735. The highest BCUT2D eigenvalue weighted by Gasteiger charge is 2.86. The smallest absolute Gasteiger partial charge is 0.341 e. The van der Waals surface area contributed by atoms with Crippen LogP contribution in [0.3, 0.4) is 0 Å². The van der Waals surface area contributed by atoms with Crippen molar-refractivity contribution in [3.05, 3.63) is 24.2 Å². The molecule has 1 aromatic rings. The van der Waals surface area contributed by atoms with Crippen LogP contribution < -0.4 is 0 Å². The van der Waals surface area contributed by atoms with Crippen molar-refractivity contribution in [2.45, 2.75) is 129 Å². The first-order valence-corrected chi connectivity index (χ1v) is 16.3. The number of aliphatic hydroxyl groups is 1. The summed E-state index contributed by atoms with van der Waals surface area (Å²) < 4.78 is 42.3. The van der Waals surface area contributed by atoms with Crippen molar-refractivity contribution in [2.75, 3.05) is 6.61 Å². The third-order valence-electron chi connectivity index (χ3n) is 10.4. The molecule has 2 saturated carbocycles. The van der Waals surface area contributed by atoms with Crippen LogP contribution in [-0.2, 0) is 47.6 Å². The summed E-state index contributed by atoms with van der Waals surface area (Å²) in [5.41, 5.74) is -7.10. The number of rotatable bonds is 11. The molecule has 1 aromatic heterocycles. The molecule has 13 heteroatoms. The maximum absolute atomic E-state index is 13.7. The largest absolute Gasteiger partial charge is 0.472 e. The van der Waals surface area contributed by atoms with E-state index in [0.717, 1.165) is 6.92 Å². The molecule has 13 nitrogen and oxygen atoms in total. The molecule has 4 rings (SSSR count). The van der Waals surface area contributed by atoms with Gasteiger partial charge in [0.25, 0.3) is 0 Å². The lowest BCUT2D eigenvalue weighted by Crippen LogP contribution is -2.83. The van der Waals surface area contributed by atoms with Crippen molar-refractivity contribution in [1.82, 2.24) is 0 Å². The van der Waals surface area contributed by atoms with Gasteiger partial charge in [-0.25, -0.2) is 4.79 Å². The molecule has 2 aliphatic carbocycles. The summed E-state index contributed by atoms with van der Waals surface area (Å²) in [6, 6.07) is 1.38. The predicted octanol–water partition coefficient (Wildman–Crippen LogP) is 3.92. The van der Waals surface area contributed by atoms with Gasteiger partial charge in [-0.1, -0.05) is 27.7 Å². The number of carbonyl (C=O) groups excluding carboxylic acids is 5. The van der Waals surface area contributed by atoms with Gasteiger partial charge in [0.2, 0.25) is 0 Å². The minimum absolute atomic E-state index is 0.00160. The van der Waals surface area contributed by atoms with Crippen molar-refractivity contribution >= 4 is 29.8 Å². The van der Waals surface area contributed by atoms with Crippen molar-refractivity contribution in [3.63, 3.8) is 0 Å². The maximum Gasteiger partial charge on any atom is 0.341 e. The molecule has 0 amide bonds. The minimum Gasteiger partial charge on any atom is -0.472 e. The molecule has 3 aliphatic rings. The third-order valence-corrected chi connectivity index (χ3v) is 10.4. The fourth-order valence-electron chi connectivity index (χ4n) is 7.70. The van der Waals surface area contributed by atoms with Crippen LogP contribution in [0.15, 0.2) is 23.0 Å². The molecule has 1 spiro atoms. The summed E-state index contributed by atoms with van der Waals surface area (Å²) in [6.07, 6.45) is -2.36. The van der Waals surface area contributed by atoms with Gasteiger partial charge in [-0.05, 0) is 46.1 Å². The summed E-state index contributed by atoms with van der Waals surface area (Å²) in [6.45, 7) is 13.7. The van der Waals surface area contributed by atoms with E-state index < -0.39 is 101 Å². The van der Waals surface area contributed by atoms with Crippen LogP contribution in [0.4, 0.5) is 0 Å². The van der Waals surface area contributed by atoms with E-state index in [1.54, 1.807) is 27.7 Å². The van der Waals surface area contributed by atoms with Crippen LogP contribution in [0.5, 0.6) is 0 Å². The monoisotopic (exact) mass is 664 g/mol. The highest BCUT2D eigenvalue weighted by atomic mass is 16.6. The Bertz CT molecular complexity index is 1350. The quantitative estimate of drug-likeness (QED) is 0.267. The Morgan fingerprint density at radius 2 is 1.53 bits per heavy atom. The number of ether oxygens (including phenoxy) is 6. The van der Waals surface area contributed by atoms with Crippen molar-refractivity contribution in [1.29, 1.82) is 0 Å². The van der Waals surface area contributed by atoms with Gasteiger partial charge in [-0.15, -0.1) is 0 Å². The third kappa shape index (κ3) is 6.16. The molecule has 47 heavy (non-hydrogen) atoms. The molecule has 2 heterocycles. The molecule has 2 unspecified atom stereocenters. The summed E-state index contributed by atoms with van der Waals surface area (Å²) in [4.78, 5) is 66.0. The fourth-order valence-corrected chi connectivity index (χ4v) is 7.70. The normalized spacial score (nSPS) is 35.1. The van der Waals surface area contributed by atoms with E-state index >= 15 is 0 Å². The van der Waals surface area contributed by atoms with Crippen LogP contribution >= 0.6 is 0 Å². The summed E-state index contributed by atoms with van der Waals surface area (Å²) in [5.74, 6) is -5.25. The van der Waals surface area contributed by atoms with Gasteiger partial charge < -0.3 is 37.9 Å². The van der Waals surface area contributed by atoms with Crippen LogP contribution in [0.1, 0.15) is 98.4 Å². The Balaban J connectivity index is 2.08. The lowest BCUT2D eigenvalue weighted by Gasteiger charge is -2.65. The topological polar surface area (TPSA) is 174 Å². The number of carbonyl (C=O) groups is 5. The van der Waals surface area contributed by atoms with E-state index in [4.69, 9.17) is 32.8 Å². The first-order valence-electron chi connectivity index (χ1n) is 16.3. The SMILES string of the molecule is CCC(C)C(=O)OC[C@]12[C@H](OC(=O)C(C)CC)C[C@@H]3[C@@H](OC(C)=O)[C@]1(OC3(C)C)[C@@](C)(O)C[C@H](OC(C)=O)[C@@H]2OC(=O)c1ccoc1. The Hall–Kier alpha value is -3.45. The number of esters is 5. The van der Waals surface area contributed by atoms with E-state index in [9.17, 15) is 29.1 Å². The van der Waals surface area contributed by atoms with Gasteiger partial charge in [0.05, 0.1) is 34.9 Å². The number of hydrogen-bond acceptors (Lipinski definition) is 13. The van der Waals surface area contributed by atoms with Crippen molar-refractivity contribution < 1.29 is 61.9 Å². The molecule has 262 valence electrons. The lowest BCUT2D eigenvalue weighted by molar-refractivity contribution is -0.355. The Morgan fingerprint density at radius 3 is 2.09 bits per heavy atom. The van der Waals surface area contributed by atoms with Crippen LogP contribution in [0.25, 0.3) is 0 Å². The highest BCUT2D eigenvalue weighted by Crippen LogP contribution is 2.69.